The number of benzene rings is 2. The molecule has 0 fully saturated rings. The zero-order valence-electron chi connectivity index (χ0n) is 13.6. The van der Waals surface area contributed by atoms with Gasteiger partial charge in [0.1, 0.15) is 0 Å². The first-order valence-corrected chi connectivity index (χ1v) is 19.3. The Morgan fingerprint density at radius 3 is 2.46 bits per heavy atom. The Hall–Kier alpha value is 0.735. The molecule has 1 N–H and O–H groups in total. The van der Waals surface area contributed by atoms with Crippen LogP contribution >= 0.6 is 31.4 Å². The SMILES string of the molecule is C[CH2][Hg][S]c1ccccc1C(=O)[O-].OCc1ccc(Cl)cc1Cl.[Na+]. The van der Waals surface area contributed by atoms with Crippen molar-refractivity contribution in [1.29, 1.82) is 0 Å². The number of aromatic carboxylic acids is 1. The van der Waals surface area contributed by atoms with Crippen molar-refractivity contribution in [3.05, 3.63) is 63.6 Å². The van der Waals surface area contributed by atoms with Crippen LogP contribution in [0.3, 0.4) is 0 Å². The van der Waals surface area contributed by atoms with Gasteiger partial charge in [-0.2, -0.15) is 0 Å². The maximum Gasteiger partial charge on any atom is 1.00 e. The van der Waals surface area contributed by atoms with Crippen molar-refractivity contribution in [1.82, 2.24) is 0 Å². The van der Waals surface area contributed by atoms with E-state index in [4.69, 9.17) is 28.3 Å². The zero-order chi connectivity index (χ0) is 17.2. The van der Waals surface area contributed by atoms with Crippen LogP contribution < -0.4 is 34.7 Å². The van der Waals surface area contributed by atoms with Crippen molar-refractivity contribution in [2.45, 2.75) is 22.4 Å². The number of aliphatic hydroxyl groups excluding tert-OH is 1. The smallest absolute Gasteiger partial charge is 0.392 e. The maximum atomic E-state index is 10.7. The number of halogens is 2. The van der Waals surface area contributed by atoms with E-state index in [9.17, 15) is 9.90 Å². The fourth-order valence-electron chi connectivity index (χ4n) is 1.62. The molecular weight excluding hydrogens is 567 g/mol. The third kappa shape index (κ3) is 8.90. The summed E-state index contributed by atoms with van der Waals surface area (Å²) in [6.07, 6.45) is 0. The number of aliphatic hydroxyl groups is 1. The molecule has 120 valence electrons. The fourth-order valence-corrected chi connectivity index (χ4v) is 10.9. The van der Waals surface area contributed by atoms with E-state index >= 15 is 0 Å². The monoisotopic (exact) mass is 582 g/mol. The van der Waals surface area contributed by atoms with Gasteiger partial charge in [-0.25, -0.2) is 0 Å². The summed E-state index contributed by atoms with van der Waals surface area (Å²) in [4.78, 5) is 11.6. The molecule has 0 bridgehead atoms. The summed E-state index contributed by atoms with van der Waals surface area (Å²) in [6.45, 7) is 2.12. The normalized spacial score (nSPS) is 9.17. The molecule has 0 unspecified atom stereocenters. The molecule has 0 heterocycles. The van der Waals surface area contributed by atoms with Crippen LogP contribution in [0, 0.1) is 0 Å². The first kappa shape index (κ1) is 24.7. The van der Waals surface area contributed by atoms with E-state index in [0.717, 1.165) is 4.90 Å². The van der Waals surface area contributed by atoms with E-state index < -0.39 is 29.0 Å². The van der Waals surface area contributed by atoms with Gasteiger partial charge in [0.15, 0.2) is 0 Å². The van der Waals surface area contributed by atoms with Crippen molar-refractivity contribution < 1.29 is 67.6 Å². The quantitative estimate of drug-likeness (QED) is 0.537. The average molecular weight is 582 g/mol. The largest absolute Gasteiger partial charge is 1.00 e. The van der Waals surface area contributed by atoms with Gasteiger partial charge in [0.2, 0.25) is 0 Å². The Kier molecular flexibility index (Phi) is 14.3. The molecule has 0 amide bonds. The third-order valence-electron chi connectivity index (χ3n) is 2.75. The first-order chi connectivity index (χ1) is 11.0. The molecule has 0 saturated heterocycles. The van der Waals surface area contributed by atoms with Crippen LogP contribution in [-0.2, 0) is 29.7 Å². The number of rotatable bonds is 5. The minimum atomic E-state index is -1.06. The maximum absolute atomic E-state index is 10.7. The molecule has 2 aromatic carbocycles. The van der Waals surface area contributed by atoms with Gasteiger partial charge in [-0.3, -0.25) is 0 Å². The van der Waals surface area contributed by atoms with Gasteiger partial charge in [0, 0.05) is 10.0 Å². The molecule has 0 radical (unpaired) electrons. The number of carbonyl (C=O) groups excluding carboxylic acids is 1. The minimum Gasteiger partial charge on any atom is -0.392 e. The number of carboxylic acids is 1. The minimum absolute atomic E-state index is 0. The first-order valence-electron chi connectivity index (χ1n) is 6.97. The van der Waals surface area contributed by atoms with Gasteiger partial charge in [-0.15, -0.1) is 0 Å². The standard InChI is InChI=1S/C7H6Cl2O.C7H6O2S.C2H5.Hg.Na/c8-6-2-1-5(4-10)7(9)3-6;8-7(9)5-3-1-2-4-6(5)10;1-2;;/h1-3,10H,4H2;1-4,10H,(H,8,9);1H2,2H3;;/q;;;2*+1/p-2. The summed E-state index contributed by atoms with van der Waals surface area (Å²) < 4.78 is 1.26. The second-order valence-corrected chi connectivity index (χ2v) is 18.5. The van der Waals surface area contributed by atoms with Crippen LogP contribution in [0.2, 0.25) is 14.0 Å². The number of carbonyl (C=O) groups is 1. The summed E-state index contributed by atoms with van der Waals surface area (Å²) in [5.41, 5.74) is 1.05. The predicted octanol–water partition coefficient (Wildman–Crippen LogP) is 1.07. The van der Waals surface area contributed by atoms with E-state index in [2.05, 4.69) is 6.92 Å². The molecule has 0 aromatic heterocycles. The van der Waals surface area contributed by atoms with Gasteiger partial charge in [0.05, 0.1) is 6.61 Å². The van der Waals surface area contributed by atoms with Gasteiger partial charge < -0.3 is 5.11 Å². The number of carboxylic acid groups (broad SMARTS) is 1. The van der Waals surface area contributed by atoms with Crippen LogP contribution in [0.15, 0.2) is 47.4 Å². The second-order valence-electron chi connectivity index (χ2n) is 4.53. The van der Waals surface area contributed by atoms with E-state index in [1.807, 2.05) is 12.1 Å². The Bertz CT molecular complexity index is 659. The Labute approximate surface area is 189 Å². The molecule has 0 atom stereocenters. The summed E-state index contributed by atoms with van der Waals surface area (Å²) >= 11 is 10.4. The van der Waals surface area contributed by atoms with Crippen molar-refractivity contribution in [3.8, 4) is 0 Å². The van der Waals surface area contributed by atoms with Crippen LogP contribution in [-0.4, -0.2) is 11.1 Å². The molecule has 0 aliphatic carbocycles. The molecule has 3 nitrogen and oxygen atoms in total. The molecule has 0 spiro atoms. The molecule has 0 aliphatic rings. The van der Waals surface area contributed by atoms with Crippen LogP contribution in [0.4, 0.5) is 0 Å². The molecule has 24 heavy (non-hydrogen) atoms. The summed E-state index contributed by atoms with van der Waals surface area (Å²) in [5.74, 6) is -1.06. The Morgan fingerprint density at radius 2 is 1.92 bits per heavy atom. The van der Waals surface area contributed by atoms with Gasteiger partial charge in [-0.05, 0) is 17.7 Å². The van der Waals surface area contributed by atoms with Gasteiger partial charge in [0.25, 0.3) is 0 Å². The second kappa shape index (κ2) is 13.9. The molecule has 2 aromatic rings. The van der Waals surface area contributed by atoms with Crippen LogP contribution in [0.25, 0.3) is 0 Å². The van der Waals surface area contributed by atoms with Gasteiger partial charge >= 0.3 is 122 Å². The molecule has 8 heteroatoms. The Balaban J connectivity index is 0.000000436. The Morgan fingerprint density at radius 1 is 1.25 bits per heavy atom. The molecular formula is C16H15Cl2HgNaO3S. The topological polar surface area (TPSA) is 60.4 Å². The predicted molar refractivity (Wildman–Crippen MR) is 89.5 cm³/mol. The van der Waals surface area contributed by atoms with Crippen molar-refractivity contribution in [2.75, 3.05) is 0 Å². The van der Waals surface area contributed by atoms with Crippen LogP contribution in [0.1, 0.15) is 22.8 Å². The van der Waals surface area contributed by atoms with E-state index in [-0.39, 0.29) is 36.2 Å². The van der Waals surface area contributed by atoms with E-state index in [1.165, 1.54) is 3.93 Å². The fraction of sp³-hybridized carbons (Fsp3) is 0.188. The molecule has 0 aliphatic heterocycles. The molecule has 2 rings (SSSR count). The average Bonchev–Trinajstić information content (AvgIpc) is 2.54. The van der Waals surface area contributed by atoms with Gasteiger partial charge in [-0.1, -0.05) is 29.3 Å². The molecule has 0 saturated carbocycles. The van der Waals surface area contributed by atoms with Crippen molar-refractivity contribution in [3.63, 3.8) is 0 Å². The van der Waals surface area contributed by atoms with E-state index in [1.54, 1.807) is 38.6 Å². The van der Waals surface area contributed by atoms with E-state index in [0.29, 0.717) is 21.2 Å². The summed E-state index contributed by atoms with van der Waals surface area (Å²) in [5, 5.41) is 20.5. The number of hydrogen-bond donors (Lipinski definition) is 1. The third-order valence-corrected chi connectivity index (χ3v) is 15.4. The zero-order valence-corrected chi connectivity index (χ0v) is 23.4. The van der Waals surface area contributed by atoms with Crippen molar-refractivity contribution in [2.24, 2.45) is 0 Å². The van der Waals surface area contributed by atoms with Crippen molar-refractivity contribution >= 4 is 37.4 Å². The summed E-state index contributed by atoms with van der Waals surface area (Å²) in [7, 11) is 1.78. The van der Waals surface area contributed by atoms with Crippen LogP contribution in [0.5, 0.6) is 0 Å². The summed E-state index contributed by atoms with van der Waals surface area (Å²) in [6, 6.07) is 12.1. The number of hydrogen-bond acceptors (Lipinski definition) is 4.